The SMILES string of the molecule is COC(=O)c1ccc(/C=C/C(=O)OCCCOc2ccc(F)cc2)cc1. The average molecular weight is 358 g/mol. The number of benzene rings is 2. The van der Waals surface area contributed by atoms with E-state index < -0.39 is 11.9 Å². The van der Waals surface area contributed by atoms with Crippen LogP contribution in [0.2, 0.25) is 0 Å². The molecule has 0 aliphatic carbocycles. The van der Waals surface area contributed by atoms with Crippen molar-refractivity contribution in [2.24, 2.45) is 0 Å². The highest BCUT2D eigenvalue weighted by Gasteiger charge is 2.03. The van der Waals surface area contributed by atoms with Gasteiger partial charge in [0.15, 0.2) is 0 Å². The Labute approximate surface area is 151 Å². The summed E-state index contributed by atoms with van der Waals surface area (Å²) in [5, 5.41) is 0. The molecule has 136 valence electrons. The number of halogens is 1. The van der Waals surface area contributed by atoms with E-state index in [-0.39, 0.29) is 12.4 Å². The zero-order valence-corrected chi connectivity index (χ0v) is 14.3. The fourth-order valence-corrected chi connectivity index (χ4v) is 2.01. The van der Waals surface area contributed by atoms with E-state index in [2.05, 4.69) is 4.74 Å². The Morgan fingerprint density at radius 2 is 1.69 bits per heavy atom. The summed E-state index contributed by atoms with van der Waals surface area (Å²) in [5.74, 6) is -0.641. The maximum atomic E-state index is 12.7. The van der Waals surface area contributed by atoms with E-state index in [0.29, 0.717) is 24.3 Å². The summed E-state index contributed by atoms with van der Waals surface area (Å²) in [6.45, 7) is 0.573. The van der Waals surface area contributed by atoms with Crippen LogP contribution in [0.1, 0.15) is 22.3 Å². The normalized spacial score (nSPS) is 10.5. The average Bonchev–Trinajstić information content (AvgIpc) is 2.67. The molecule has 0 spiro atoms. The summed E-state index contributed by atoms with van der Waals surface area (Å²) < 4.78 is 27.8. The van der Waals surface area contributed by atoms with Crippen LogP contribution in [0.5, 0.6) is 5.75 Å². The Hall–Kier alpha value is -3.15. The maximum absolute atomic E-state index is 12.7. The van der Waals surface area contributed by atoms with Crippen molar-refractivity contribution < 1.29 is 28.2 Å². The van der Waals surface area contributed by atoms with Crippen molar-refractivity contribution in [1.29, 1.82) is 0 Å². The van der Waals surface area contributed by atoms with Crippen molar-refractivity contribution in [2.45, 2.75) is 6.42 Å². The lowest BCUT2D eigenvalue weighted by atomic mass is 10.1. The molecular formula is C20H19FO5. The summed E-state index contributed by atoms with van der Waals surface area (Å²) >= 11 is 0. The highest BCUT2D eigenvalue weighted by Crippen LogP contribution is 2.11. The number of rotatable bonds is 8. The second-order valence-electron chi connectivity index (χ2n) is 5.27. The molecule has 0 aliphatic rings. The largest absolute Gasteiger partial charge is 0.493 e. The van der Waals surface area contributed by atoms with Crippen LogP contribution in [0.25, 0.3) is 6.08 Å². The lowest BCUT2D eigenvalue weighted by Gasteiger charge is -2.06. The lowest BCUT2D eigenvalue weighted by molar-refractivity contribution is -0.137. The highest BCUT2D eigenvalue weighted by molar-refractivity contribution is 5.90. The number of hydrogen-bond acceptors (Lipinski definition) is 5. The minimum Gasteiger partial charge on any atom is -0.493 e. The van der Waals surface area contributed by atoms with E-state index in [1.54, 1.807) is 30.3 Å². The van der Waals surface area contributed by atoms with Crippen molar-refractivity contribution in [3.8, 4) is 5.75 Å². The van der Waals surface area contributed by atoms with Crippen LogP contribution in [0.15, 0.2) is 54.6 Å². The van der Waals surface area contributed by atoms with Gasteiger partial charge in [-0.1, -0.05) is 12.1 Å². The lowest BCUT2D eigenvalue weighted by Crippen LogP contribution is -2.06. The Morgan fingerprint density at radius 3 is 2.35 bits per heavy atom. The van der Waals surface area contributed by atoms with E-state index in [1.165, 1.54) is 37.5 Å². The van der Waals surface area contributed by atoms with Gasteiger partial charge in [0.2, 0.25) is 0 Å². The molecule has 0 aromatic heterocycles. The van der Waals surface area contributed by atoms with Crippen molar-refractivity contribution >= 4 is 18.0 Å². The highest BCUT2D eigenvalue weighted by atomic mass is 19.1. The van der Waals surface area contributed by atoms with Crippen LogP contribution in [0.4, 0.5) is 4.39 Å². The van der Waals surface area contributed by atoms with E-state index >= 15 is 0 Å². The van der Waals surface area contributed by atoms with Gasteiger partial charge in [0.1, 0.15) is 11.6 Å². The summed E-state index contributed by atoms with van der Waals surface area (Å²) in [5.41, 5.74) is 1.20. The monoisotopic (exact) mass is 358 g/mol. The van der Waals surface area contributed by atoms with Gasteiger partial charge >= 0.3 is 11.9 Å². The van der Waals surface area contributed by atoms with E-state index in [0.717, 1.165) is 5.56 Å². The Bertz CT molecular complexity index is 751. The zero-order valence-electron chi connectivity index (χ0n) is 14.3. The third-order valence-electron chi connectivity index (χ3n) is 3.36. The molecule has 2 aromatic carbocycles. The van der Waals surface area contributed by atoms with E-state index in [9.17, 15) is 14.0 Å². The maximum Gasteiger partial charge on any atom is 0.337 e. The second-order valence-corrected chi connectivity index (χ2v) is 5.27. The Balaban J connectivity index is 1.67. The molecule has 0 unspecified atom stereocenters. The van der Waals surface area contributed by atoms with E-state index in [4.69, 9.17) is 9.47 Å². The predicted octanol–water partition coefficient (Wildman–Crippen LogP) is 3.64. The predicted molar refractivity (Wildman–Crippen MR) is 94.3 cm³/mol. The molecule has 0 saturated heterocycles. The minimum atomic E-state index is -0.469. The fraction of sp³-hybridized carbons (Fsp3) is 0.200. The number of carbonyl (C=O) groups excluding carboxylic acids is 2. The molecule has 0 amide bonds. The third-order valence-corrected chi connectivity index (χ3v) is 3.36. The van der Waals surface area contributed by atoms with Gasteiger partial charge in [0.05, 0.1) is 25.9 Å². The van der Waals surface area contributed by atoms with Crippen LogP contribution in [-0.2, 0) is 14.3 Å². The number of carbonyl (C=O) groups is 2. The van der Waals surface area contributed by atoms with Gasteiger partial charge < -0.3 is 14.2 Å². The zero-order chi connectivity index (χ0) is 18.8. The number of esters is 2. The molecule has 0 radical (unpaired) electrons. The molecule has 2 aromatic rings. The first-order valence-electron chi connectivity index (χ1n) is 8.00. The second kappa shape index (κ2) is 9.98. The quantitative estimate of drug-likeness (QED) is 0.410. The first-order chi connectivity index (χ1) is 12.6. The van der Waals surface area contributed by atoms with Gasteiger partial charge in [0, 0.05) is 12.5 Å². The number of methoxy groups -OCH3 is 1. The third kappa shape index (κ3) is 6.39. The molecule has 0 heterocycles. The minimum absolute atomic E-state index is 0.214. The molecule has 0 N–H and O–H groups in total. The fourth-order valence-electron chi connectivity index (χ4n) is 2.01. The topological polar surface area (TPSA) is 61.8 Å². The van der Waals surface area contributed by atoms with Gasteiger partial charge in [0.25, 0.3) is 0 Å². The van der Waals surface area contributed by atoms with Crippen molar-refractivity contribution in [3.05, 3.63) is 71.6 Å². The molecule has 6 heteroatoms. The van der Waals surface area contributed by atoms with Crippen LogP contribution in [0, 0.1) is 5.82 Å². The van der Waals surface area contributed by atoms with Gasteiger partial charge in [-0.3, -0.25) is 0 Å². The Morgan fingerprint density at radius 1 is 1.00 bits per heavy atom. The van der Waals surface area contributed by atoms with E-state index in [1.807, 2.05) is 0 Å². The van der Waals surface area contributed by atoms with Crippen LogP contribution >= 0.6 is 0 Å². The summed E-state index contributed by atoms with van der Waals surface area (Å²) in [6.07, 6.45) is 3.43. The molecule has 0 atom stereocenters. The van der Waals surface area contributed by atoms with Crippen molar-refractivity contribution in [3.63, 3.8) is 0 Å². The molecule has 5 nitrogen and oxygen atoms in total. The summed E-state index contributed by atoms with van der Waals surface area (Å²) in [4.78, 5) is 23.0. The molecular weight excluding hydrogens is 339 g/mol. The van der Waals surface area contributed by atoms with Crippen molar-refractivity contribution in [1.82, 2.24) is 0 Å². The van der Waals surface area contributed by atoms with Crippen LogP contribution in [-0.4, -0.2) is 32.3 Å². The van der Waals surface area contributed by atoms with Gasteiger partial charge in [-0.15, -0.1) is 0 Å². The molecule has 0 aliphatic heterocycles. The summed E-state index contributed by atoms with van der Waals surface area (Å²) in [7, 11) is 1.32. The molecule has 26 heavy (non-hydrogen) atoms. The first-order valence-corrected chi connectivity index (χ1v) is 8.00. The van der Waals surface area contributed by atoms with Gasteiger partial charge in [-0.05, 0) is 48.0 Å². The molecule has 0 bridgehead atoms. The summed E-state index contributed by atoms with van der Waals surface area (Å²) in [6, 6.07) is 12.3. The first kappa shape index (κ1) is 19.2. The number of hydrogen-bond donors (Lipinski definition) is 0. The van der Waals surface area contributed by atoms with Crippen molar-refractivity contribution in [2.75, 3.05) is 20.3 Å². The van der Waals surface area contributed by atoms with Gasteiger partial charge in [-0.25, -0.2) is 14.0 Å². The smallest absolute Gasteiger partial charge is 0.337 e. The molecule has 2 rings (SSSR count). The van der Waals surface area contributed by atoms with Crippen LogP contribution in [0.3, 0.4) is 0 Å². The Kier molecular flexibility index (Phi) is 7.36. The number of ether oxygens (including phenoxy) is 3. The molecule has 0 fully saturated rings. The van der Waals surface area contributed by atoms with Gasteiger partial charge in [-0.2, -0.15) is 0 Å². The van der Waals surface area contributed by atoms with Crippen LogP contribution < -0.4 is 4.74 Å². The molecule has 0 saturated carbocycles. The standard InChI is InChI=1S/C20H19FO5/c1-24-20(23)16-6-3-15(4-7-16)5-12-19(22)26-14-2-13-25-18-10-8-17(21)9-11-18/h3-12H,2,13-14H2,1H3/b12-5+.